The van der Waals surface area contributed by atoms with Gasteiger partial charge in [-0.3, -0.25) is 9.69 Å². The second-order valence-corrected chi connectivity index (χ2v) is 6.26. The number of fused-ring (bicyclic) bond motifs is 1. The minimum atomic E-state index is -2.39. The maximum absolute atomic E-state index is 12.8. The smallest absolute Gasteiger partial charge is 0.324 e. The van der Waals surface area contributed by atoms with E-state index in [0.717, 1.165) is 5.56 Å². The van der Waals surface area contributed by atoms with Crippen molar-refractivity contribution in [1.29, 1.82) is 0 Å². The molecule has 1 aromatic heterocycles. The first-order chi connectivity index (χ1) is 13.0. The van der Waals surface area contributed by atoms with Gasteiger partial charge in [-0.1, -0.05) is 31.2 Å². The quantitative estimate of drug-likeness (QED) is 0.841. The Kier molecular flexibility index (Phi) is 5.63. The molecule has 1 aliphatic rings. The zero-order chi connectivity index (χ0) is 19.4. The van der Waals surface area contributed by atoms with E-state index >= 15 is 0 Å². The van der Waals surface area contributed by atoms with E-state index in [1.807, 2.05) is 6.92 Å². The average Bonchev–Trinajstić information content (AvgIpc) is 2.65. The lowest BCUT2D eigenvalue weighted by Gasteiger charge is -2.29. The van der Waals surface area contributed by atoms with Crippen LogP contribution in [0.1, 0.15) is 30.5 Å². The summed E-state index contributed by atoms with van der Waals surface area (Å²) in [5, 5.41) is 5.57. The summed E-state index contributed by atoms with van der Waals surface area (Å²) < 4.78 is 25.0. The van der Waals surface area contributed by atoms with Crippen molar-refractivity contribution >= 4 is 23.4 Å². The van der Waals surface area contributed by atoms with E-state index in [2.05, 4.69) is 15.6 Å². The number of carbonyl (C=O) groups excluding carboxylic acids is 2. The number of anilines is 2. The molecule has 6 nitrogen and oxygen atoms in total. The summed E-state index contributed by atoms with van der Waals surface area (Å²) in [5.74, 6) is 0.0896. The van der Waals surface area contributed by atoms with Gasteiger partial charge in [-0.15, -0.1) is 0 Å². The summed E-state index contributed by atoms with van der Waals surface area (Å²) in [7, 11) is 0. The van der Waals surface area contributed by atoms with Crippen molar-refractivity contribution < 1.29 is 18.4 Å². The molecule has 3 amide bonds. The fourth-order valence-electron chi connectivity index (χ4n) is 3.00. The topological polar surface area (TPSA) is 74.3 Å². The molecule has 2 aromatic rings. The lowest BCUT2D eigenvalue weighted by molar-refractivity contribution is -0.115. The van der Waals surface area contributed by atoms with Crippen molar-refractivity contribution in [2.75, 3.05) is 16.8 Å². The molecule has 142 valence electrons. The Balaban J connectivity index is 1.75. The summed E-state index contributed by atoms with van der Waals surface area (Å²) in [5.41, 5.74) is 1.83. The number of halogens is 2. The largest absolute Gasteiger partial charge is 0.331 e. The van der Waals surface area contributed by atoms with Crippen molar-refractivity contribution in [3.63, 3.8) is 0 Å². The average molecular weight is 374 g/mol. The van der Waals surface area contributed by atoms with Gasteiger partial charge in [-0.05, 0) is 29.7 Å². The van der Waals surface area contributed by atoms with E-state index in [4.69, 9.17) is 0 Å². The van der Waals surface area contributed by atoms with E-state index in [-0.39, 0.29) is 24.9 Å². The third-order valence-corrected chi connectivity index (χ3v) is 4.34. The van der Waals surface area contributed by atoms with Crippen molar-refractivity contribution in [3.05, 3.63) is 53.7 Å². The highest BCUT2D eigenvalue weighted by Gasteiger charge is 2.29. The SMILES string of the molecule is CCC(NC(=O)N1CC(=O)Nc2cccnc21)c1ccc(CC(F)F)cc1. The van der Waals surface area contributed by atoms with Crippen LogP contribution in [0.3, 0.4) is 0 Å². The summed E-state index contributed by atoms with van der Waals surface area (Å²) in [6.45, 7) is 1.78. The molecule has 1 atom stereocenters. The zero-order valence-corrected chi connectivity index (χ0v) is 14.8. The molecule has 3 rings (SSSR count). The summed E-state index contributed by atoms with van der Waals surface area (Å²) in [6.07, 6.45) is -0.533. The number of nitrogens with one attached hydrogen (secondary N) is 2. The first-order valence-corrected chi connectivity index (χ1v) is 8.67. The highest BCUT2D eigenvalue weighted by molar-refractivity contribution is 6.08. The van der Waals surface area contributed by atoms with Crippen LogP contribution in [0.5, 0.6) is 0 Å². The number of rotatable bonds is 5. The number of alkyl halides is 2. The van der Waals surface area contributed by atoms with E-state index in [9.17, 15) is 18.4 Å². The van der Waals surface area contributed by atoms with Crippen molar-refractivity contribution in [2.45, 2.75) is 32.2 Å². The molecule has 1 aromatic carbocycles. The zero-order valence-electron chi connectivity index (χ0n) is 14.8. The number of amides is 3. The second-order valence-electron chi connectivity index (χ2n) is 6.26. The van der Waals surface area contributed by atoms with Gasteiger partial charge in [0.1, 0.15) is 6.54 Å². The molecule has 0 saturated heterocycles. The molecule has 0 spiro atoms. The Hall–Kier alpha value is -3.03. The minimum Gasteiger partial charge on any atom is -0.331 e. The maximum Gasteiger partial charge on any atom is 0.324 e. The van der Waals surface area contributed by atoms with Crippen molar-refractivity contribution in [3.8, 4) is 0 Å². The Labute approximate surface area is 155 Å². The lowest BCUT2D eigenvalue weighted by atomic mass is 10.0. The van der Waals surface area contributed by atoms with E-state index < -0.39 is 12.5 Å². The van der Waals surface area contributed by atoms with Crippen molar-refractivity contribution in [2.24, 2.45) is 0 Å². The van der Waals surface area contributed by atoms with Crippen LogP contribution in [0.25, 0.3) is 0 Å². The molecule has 0 fully saturated rings. The maximum atomic E-state index is 12.8. The van der Waals surface area contributed by atoms with Gasteiger partial charge in [0, 0.05) is 12.6 Å². The van der Waals surface area contributed by atoms with Gasteiger partial charge in [-0.25, -0.2) is 18.6 Å². The molecule has 27 heavy (non-hydrogen) atoms. The third kappa shape index (κ3) is 4.39. The van der Waals surface area contributed by atoms with E-state index in [0.29, 0.717) is 23.5 Å². The molecule has 8 heteroatoms. The molecule has 0 aliphatic carbocycles. The van der Waals surface area contributed by atoms with Gasteiger partial charge < -0.3 is 10.6 Å². The first kappa shape index (κ1) is 18.8. The molecule has 0 radical (unpaired) electrons. The predicted molar refractivity (Wildman–Crippen MR) is 97.9 cm³/mol. The number of pyridine rings is 1. The summed E-state index contributed by atoms with van der Waals surface area (Å²) >= 11 is 0. The predicted octanol–water partition coefficient (Wildman–Crippen LogP) is 3.51. The normalized spacial score (nSPS) is 14.5. The Morgan fingerprint density at radius 3 is 2.70 bits per heavy atom. The molecule has 2 heterocycles. The Morgan fingerprint density at radius 1 is 1.30 bits per heavy atom. The molecule has 0 saturated carbocycles. The summed E-state index contributed by atoms with van der Waals surface area (Å²) in [6, 6.07) is 9.36. The highest BCUT2D eigenvalue weighted by Crippen LogP contribution is 2.27. The number of hydrogen-bond donors (Lipinski definition) is 2. The van der Waals surface area contributed by atoms with E-state index in [1.54, 1.807) is 42.6 Å². The summed E-state index contributed by atoms with van der Waals surface area (Å²) in [4.78, 5) is 30.1. The van der Waals surface area contributed by atoms with Gasteiger partial charge >= 0.3 is 6.03 Å². The Bertz CT molecular complexity index is 827. The van der Waals surface area contributed by atoms with Crippen LogP contribution in [0, 0.1) is 0 Å². The van der Waals surface area contributed by atoms with Crippen LogP contribution in [0.2, 0.25) is 0 Å². The number of hydrogen-bond acceptors (Lipinski definition) is 3. The number of aromatic nitrogens is 1. The number of urea groups is 1. The highest BCUT2D eigenvalue weighted by atomic mass is 19.3. The number of nitrogens with zero attached hydrogens (tertiary/aromatic N) is 2. The molecule has 2 N–H and O–H groups in total. The second kappa shape index (κ2) is 8.11. The minimum absolute atomic E-state index is 0.125. The molecule has 1 aliphatic heterocycles. The molecular formula is C19H20F2N4O2. The van der Waals surface area contributed by atoms with Gasteiger partial charge in [0.25, 0.3) is 0 Å². The van der Waals surface area contributed by atoms with Crippen LogP contribution >= 0.6 is 0 Å². The fourth-order valence-corrected chi connectivity index (χ4v) is 3.00. The van der Waals surface area contributed by atoms with Gasteiger partial charge in [0.05, 0.1) is 11.7 Å². The standard InChI is InChI=1S/C19H20F2N4O2/c1-2-14(13-7-5-12(6-8-13)10-16(20)21)24-19(27)25-11-17(26)23-15-4-3-9-22-18(15)25/h3-9,14,16H,2,10-11H2,1H3,(H,23,26)(H,24,27). The molecule has 1 unspecified atom stereocenters. The Morgan fingerprint density at radius 2 is 2.04 bits per heavy atom. The first-order valence-electron chi connectivity index (χ1n) is 8.67. The number of carbonyl (C=O) groups is 2. The van der Waals surface area contributed by atoms with Crippen LogP contribution in [-0.4, -0.2) is 29.9 Å². The van der Waals surface area contributed by atoms with Crippen LogP contribution < -0.4 is 15.5 Å². The van der Waals surface area contributed by atoms with Crippen LogP contribution in [-0.2, 0) is 11.2 Å². The van der Waals surface area contributed by atoms with Gasteiger partial charge in [0.15, 0.2) is 5.82 Å². The van der Waals surface area contributed by atoms with Crippen LogP contribution in [0.4, 0.5) is 25.1 Å². The van der Waals surface area contributed by atoms with Crippen LogP contribution in [0.15, 0.2) is 42.6 Å². The lowest BCUT2D eigenvalue weighted by Crippen LogP contribution is -2.48. The fraction of sp³-hybridized carbons (Fsp3) is 0.316. The number of benzene rings is 1. The van der Waals surface area contributed by atoms with Gasteiger partial charge in [0.2, 0.25) is 12.3 Å². The van der Waals surface area contributed by atoms with E-state index in [1.165, 1.54) is 4.90 Å². The monoisotopic (exact) mass is 374 g/mol. The third-order valence-electron chi connectivity index (χ3n) is 4.34. The molecule has 0 bridgehead atoms. The van der Waals surface area contributed by atoms with Gasteiger partial charge in [-0.2, -0.15) is 0 Å². The molecular weight excluding hydrogens is 354 g/mol. The van der Waals surface area contributed by atoms with Crippen molar-refractivity contribution in [1.82, 2.24) is 10.3 Å².